The van der Waals surface area contributed by atoms with Crippen LogP contribution in [0, 0.1) is 6.92 Å². The van der Waals surface area contributed by atoms with Crippen LogP contribution in [0.3, 0.4) is 0 Å². The number of pyridine rings is 1. The molecule has 0 spiro atoms. The van der Waals surface area contributed by atoms with Crippen molar-refractivity contribution in [3.05, 3.63) is 56.3 Å². The van der Waals surface area contributed by atoms with E-state index in [1.54, 1.807) is 31.3 Å². The lowest BCUT2D eigenvalue weighted by molar-refractivity contribution is 1.24. The van der Waals surface area contributed by atoms with Crippen molar-refractivity contribution in [2.24, 2.45) is 0 Å². The normalized spacial score (nSPS) is 10.4. The van der Waals surface area contributed by atoms with E-state index < -0.39 is 0 Å². The first-order chi connectivity index (χ1) is 7.59. The van der Waals surface area contributed by atoms with E-state index in [9.17, 15) is 4.79 Å². The molecule has 82 valence electrons. The van der Waals surface area contributed by atoms with Crippen LogP contribution < -0.4 is 5.43 Å². The van der Waals surface area contributed by atoms with Gasteiger partial charge in [0.15, 0.2) is 5.43 Å². The lowest BCUT2D eigenvalue weighted by Crippen LogP contribution is -2.04. The molecule has 0 amide bonds. The molecular formula is C12H9Cl2NO. The second-order valence-corrected chi connectivity index (χ2v) is 4.31. The maximum absolute atomic E-state index is 11.5. The maximum Gasteiger partial charge on any atom is 0.185 e. The number of aryl methyl sites for hydroxylation is 1. The van der Waals surface area contributed by atoms with E-state index in [0.717, 1.165) is 0 Å². The lowest BCUT2D eigenvalue weighted by atomic mass is 10.1. The molecule has 1 N–H and O–H groups in total. The van der Waals surface area contributed by atoms with Gasteiger partial charge in [0.25, 0.3) is 0 Å². The van der Waals surface area contributed by atoms with E-state index in [2.05, 4.69) is 4.98 Å². The minimum absolute atomic E-state index is 0.0373. The van der Waals surface area contributed by atoms with Gasteiger partial charge in [0.1, 0.15) is 0 Å². The van der Waals surface area contributed by atoms with E-state index in [-0.39, 0.29) is 5.43 Å². The molecular weight excluding hydrogens is 245 g/mol. The Morgan fingerprint density at radius 1 is 1.19 bits per heavy atom. The number of hydrogen-bond acceptors (Lipinski definition) is 1. The van der Waals surface area contributed by atoms with Crippen molar-refractivity contribution in [3.8, 4) is 11.3 Å². The molecule has 0 unspecified atom stereocenters. The molecule has 16 heavy (non-hydrogen) atoms. The number of H-pyrrole nitrogens is 1. The van der Waals surface area contributed by atoms with E-state index in [1.165, 1.54) is 6.07 Å². The van der Waals surface area contributed by atoms with E-state index >= 15 is 0 Å². The van der Waals surface area contributed by atoms with Crippen molar-refractivity contribution >= 4 is 23.2 Å². The van der Waals surface area contributed by atoms with Crippen molar-refractivity contribution in [2.45, 2.75) is 6.92 Å². The number of aromatic amines is 1. The molecule has 2 aromatic rings. The summed E-state index contributed by atoms with van der Waals surface area (Å²) in [7, 11) is 0. The topological polar surface area (TPSA) is 32.9 Å². The van der Waals surface area contributed by atoms with Gasteiger partial charge in [0.2, 0.25) is 0 Å². The minimum Gasteiger partial charge on any atom is -0.361 e. The zero-order valence-electron chi connectivity index (χ0n) is 8.55. The average Bonchev–Trinajstić information content (AvgIpc) is 2.23. The number of hydrogen-bond donors (Lipinski definition) is 1. The molecule has 0 saturated carbocycles. The number of aromatic nitrogens is 1. The quantitative estimate of drug-likeness (QED) is 0.827. The Morgan fingerprint density at radius 3 is 2.38 bits per heavy atom. The Labute approximate surface area is 103 Å². The van der Waals surface area contributed by atoms with Gasteiger partial charge in [-0.15, -0.1) is 0 Å². The standard InChI is InChI=1S/C12H9Cl2NO/c1-7-6-15-10(5-11(7)16)12-8(13)3-2-4-9(12)14/h2-6H,1H3,(H,15,16). The van der Waals surface area contributed by atoms with Crippen LogP contribution in [0.5, 0.6) is 0 Å². The van der Waals surface area contributed by atoms with E-state index in [4.69, 9.17) is 23.2 Å². The van der Waals surface area contributed by atoms with Gasteiger partial charge in [0.05, 0.1) is 15.7 Å². The Hall–Kier alpha value is -1.25. The predicted octanol–water partition coefficient (Wildman–Crippen LogP) is 3.66. The zero-order valence-corrected chi connectivity index (χ0v) is 10.1. The van der Waals surface area contributed by atoms with E-state index in [0.29, 0.717) is 26.9 Å². The number of nitrogens with one attached hydrogen (secondary N) is 1. The summed E-state index contributed by atoms with van der Waals surface area (Å²) >= 11 is 12.1. The molecule has 2 rings (SSSR count). The van der Waals surface area contributed by atoms with Gasteiger partial charge in [-0.1, -0.05) is 29.3 Å². The molecule has 0 bridgehead atoms. The van der Waals surface area contributed by atoms with Gasteiger partial charge in [-0.05, 0) is 19.1 Å². The highest BCUT2D eigenvalue weighted by molar-refractivity contribution is 6.39. The number of halogens is 2. The maximum atomic E-state index is 11.5. The molecule has 0 saturated heterocycles. The lowest BCUT2D eigenvalue weighted by Gasteiger charge is -2.06. The first-order valence-electron chi connectivity index (χ1n) is 4.73. The molecule has 0 atom stereocenters. The summed E-state index contributed by atoms with van der Waals surface area (Å²) in [5.41, 5.74) is 1.91. The molecule has 0 radical (unpaired) electrons. The minimum atomic E-state index is -0.0373. The largest absolute Gasteiger partial charge is 0.361 e. The Bertz CT molecular complexity index is 570. The fourth-order valence-corrected chi connectivity index (χ4v) is 2.04. The van der Waals surface area contributed by atoms with Gasteiger partial charge in [-0.25, -0.2) is 0 Å². The number of benzene rings is 1. The molecule has 1 aromatic carbocycles. The first kappa shape index (κ1) is 11.2. The van der Waals surface area contributed by atoms with Crippen LogP contribution in [-0.4, -0.2) is 4.98 Å². The van der Waals surface area contributed by atoms with Crippen molar-refractivity contribution in [3.63, 3.8) is 0 Å². The van der Waals surface area contributed by atoms with Crippen LogP contribution in [0.4, 0.5) is 0 Å². The number of rotatable bonds is 1. The third-order valence-electron chi connectivity index (χ3n) is 2.34. The Morgan fingerprint density at radius 2 is 1.81 bits per heavy atom. The first-order valence-corrected chi connectivity index (χ1v) is 5.49. The third-order valence-corrected chi connectivity index (χ3v) is 2.97. The molecule has 1 aromatic heterocycles. The summed E-state index contributed by atoms with van der Waals surface area (Å²) in [5.74, 6) is 0. The van der Waals surface area contributed by atoms with Gasteiger partial charge in [0, 0.05) is 23.4 Å². The summed E-state index contributed by atoms with van der Waals surface area (Å²) in [6.45, 7) is 1.75. The van der Waals surface area contributed by atoms with Crippen molar-refractivity contribution in [1.29, 1.82) is 0 Å². The highest BCUT2D eigenvalue weighted by Crippen LogP contribution is 2.32. The smallest absolute Gasteiger partial charge is 0.185 e. The Kier molecular flexibility index (Phi) is 3.03. The molecule has 0 aliphatic carbocycles. The van der Waals surface area contributed by atoms with Crippen LogP contribution in [0.15, 0.2) is 35.3 Å². The highest BCUT2D eigenvalue weighted by Gasteiger charge is 2.09. The van der Waals surface area contributed by atoms with Crippen molar-refractivity contribution < 1.29 is 0 Å². The Balaban J connectivity index is 2.68. The summed E-state index contributed by atoms with van der Waals surface area (Å²) in [4.78, 5) is 14.5. The molecule has 1 heterocycles. The van der Waals surface area contributed by atoms with Crippen LogP contribution in [0.1, 0.15) is 5.56 Å². The third kappa shape index (κ3) is 1.99. The van der Waals surface area contributed by atoms with Gasteiger partial charge in [-0.3, -0.25) is 4.79 Å². The monoisotopic (exact) mass is 253 g/mol. The van der Waals surface area contributed by atoms with Crippen LogP contribution in [-0.2, 0) is 0 Å². The SMILES string of the molecule is Cc1c[nH]c(-c2c(Cl)cccc2Cl)cc1=O. The van der Waals surface area contributed by atoms with Gasteiger partial charge in [-0.2, -0.15) is 0 Å². The van der Waals surface area contributed by atoms with Gasteiger partial charge >= 0.3 is 0 Å². The second-order valence-electron chi connectivity index (χ2n) is 3.49. The van der Waals surface area contributed by atoms with Crippen LogP contribution in [0.25, 0.3) is 11.3 Å². The highest BCUT2D eigenvalue weighted by atomic mass is 35.5. The summed E-state index contributed by atoms with van der Waals surface area (Å²) < 4.78 is 0. The summed E-state index contributed by atoms with van der Waals surface area (Å²) in [5, 5.41) is 1.04. The summed E-state index contributed by atoms with van der Waals surface area (Å²) in [6.07, 6.45) is 1.65. The van der Waals surface area contributed by atoms with Crippen LogP contribution >= 0.6 is 23.2 Å². The second kappa shape index (κ2) is 4.32. The molecule has 0 fully saturated rings. The van der Waals surface area contributed by atoms with Crippen molar-refractivity contribution in [1.82, 2.24) is 4.98 Å². The van der Waals surface area contributed by atoms with Gasteiger partial charge < -0.3 is 4.98 Å². The fraction of sp³-hybridized carbons (Fsp3) is 0.0833. The average molecular weight is 254 g/mol. The van der Waals surface area contributed by atoms with Crippen LogP contribution in [0.2, 0.25) is 10.0 Å². The predicted molar refractivity (Wildman–Crippen MR) is 67.3 cm³/mol. The van der Waals surface area contributed by atoms with E-state index in [1.807, 2.05) is 0 Å². The molecule has 0 aliphatic rings. The molecule has 4 heteroatoms. The molecule has 0 aliphatic heterocycles. The fourth-order valence-electron chi connectivity index (χ4n) is 1.44. The molecule has 2 nitrogen and oxygen atoms in total. The summed E-state index contributed by atoms with van der Waals surface area (Å²) in [6, 6.07) is 6.74. The van der Waals surface area contributed by atoms with Crippen molar-refractivity contribution in [2.75, 3.05) is 0 Å². The zero-order chi connectivity index (χ0) is 11.7.